The van der Waals surface area contributed by atoms with Gasteiger partial charge in [0.05, 0.1) is 12.1 Å². The fourth-order valence-corrected chi connectivity index (χ4v) is 1.98. The molecule has 0 bridgehead atoms. The Hall–Kier alpha value is -1.07. The van der Waals surface area contributed by atoms with E-state index >= 15 is 0 Å². The molecule has 1 aromatic carbocycles. The summed E-state index contributed by atoms with van der Waals surface area (Å²) in [6, 6.07) is 4.79. The van der Waals surface area contributed by atoms with E-state index in [4.69, 9.17) is 11.6 Å². The molecule has 0 heterocycles. The number of nitrogens with zero attached hydrogens (tertiary/aromatic N) is 1. The first-order valence-corrected chi connectivity index (χ1v) is 6.86. The monoisotopic (exact) mass is 347 g/mol. The standard InChI is InChI=1S/C13H15BrClNO3/c1-8(2)16(7-12(17)19-3)13(18)9-4-5-11(15)10(14)6-9/h4-6,8H,7H2,1-3H3. The zero-order valence-corrected chi connectivity index (χ0v) is 13.3. The highest BCUT2D eigenvalue weighted by molar-refractivity contribution is 9.10. The Bertz CT molecular complexity index is 491. The van der Waals surface area contributed by atoms with Crippen LogP contribution in [0.4, 0.5) is 0 Å². The maximum absolute atomic E-state index is 12.4. The molecule has 0 aliphatic rings. The number of halogens is 2. The van der Waals surface area contributed by atoms with Gasteiger partial charge >= 0.3 is 5.97 Å². The number of rotatable bonds is 4. The first-order chi connectivity index (χ1) is 8.86. The lowest BCUT2D eigenvalue weighted by Gasteiger charge is -2.25. The van der Waals surface area contributed by atoms with Crippen molar-refractivity contribution in [3.63, 3.8) is 0 Å². The summed E-state index contributed by atoms with van der Waals surface area (Å²) in [6.45, 7) is 3.60. The number of methoxy groups -OCH3 is 1. The molecule has 1 amide bonds. The predicted molar refractivity (Wildman–Crippen MR) is 77.3 cm³/mol. The summed E-state index contributed by atoms with van der Waals surface area (Å²) in [4.78, 5) is 25.1. The highest BCUT2D eigenvalue weighted by Crippen LogP contribution is 2.24. The topological polar surface area (TPSA) is 46.6 Å². The van der Waals surface area contributed by atoms with E-state index in [1.807, 2.05) is 13.8 Å². The van der Waals surface area contributed by atoms with Crippen LogP contribution in [0.25, 0.3) is 0 Å². The van der Waals surface area contributed by atoms with Gasteiger partial charge in [0, 0.05) is 16.1 Å². The second-order valence-corrected chi connectivity index (χ2v) is 5.49. The van der Waals surface area contributed by atoms with E-state index in [0.29, 0.717) is 15.1 Å². The maximum Gasteiger partial charge on any atom is 0.325 e. The first-order valence-electron chi connectivity index (χ1n) is 5.69. The lowest BCUT2D eigenvalue weighted by molar-refractivity contribution is -0.141. The molecule has 1 rings (SSSR count). The Labute approximate surface area is 125 Å². The minimum Gasteiger partial charge on any atom is -0.468 e. The summed E-state index contributed by atoms with van der Waals surface area (Å²) < 4.78 is 5.24. The molecule has 0 saturated heterocycles. The molecular formula is C13H15BrClNO3. The fraction of sp³-hybridized carbons (Fsp3) is 0.385. The molecule has 0 saturated carbocycles. The Morgan fingerprint density at radius 2 is 2.05 bits per heavy atom. The van der Waals surface area contributed by atoms with Crippen LogP contribution in [-0.2, 0) is 9.53 Å². The average molecular weight is 349 g/mol. The van der Waals surface area contributed by atoms with Gasteiger partial charge in [0.25, 0.3) is 5.91 Å². The molecule has 1 aromatic rings. The third-order valence-electron chi connectivity index (χ3n) is 2.58. The fourth-order valence-electron chi connectivity index (χ4n) is 1.49. The van der Waals surface area contributed by atoms with Gasteiger partial charge in [0.2, 0.25) is 0 Å². The zero-order chi connectivity index (χ0) is 14.6. The van der Waals surface area contributed by atoms with Crippen LogP contribution in [0, 0.1) is 0 Å². The second-order valence-electron chi connectivity index (χ2n) is 4.23. The molecule has 19 heavy (non-hydrogen) atoms. The van der Waals surface area contributed by atoms with Crippen molar-refractivity contribution in [2.75, 3.05) is 13.7 Å². The molecule has 0 aliphatic carbocycles. The smallest absolute Gasteiger partial charge is 0.325 e. The lowest BCUT2D eigenvalue weighted by Crippen LogP contribution is -2.41. The molecular weight excluding hydrogens is 334 g/mol. The van der Waals surface area contributed by atoms with Crippen molar-refractivity contribution in [2.45, 2.75) is 19.9 Å². The molecule has 0 fully saturated rings. The van der Waals surface area contributed by atoms with Gasteiger partial charge in [-0.05, 0) is 48.0 Å². The Kier molecular flexibility index (Phi) is 5.82. The molecule has 0 aliphatic heterocycles. The number of ether oxygens (including phenoxy) is 1. The van der Waals surface area contributed by atoms with Crippen LogP contribution in [-0.4, -0.2) is 36.5 Å². The molecule has 0 aromatic heterocycles. The normalized spacial score (nSPS) is 10.4. The minimum absolute atomic E-state index is 0.0761. The van der Waals surface area contributed by atoms with Gasteiger partial charge < -0.3 is 9.64 Å². The summed E-state index contributed by atoms with van der Waals surface area (Å²) >= 11 is 9.16. The van der Waals surface area contributed by atoms with Crippen LogP contribution in [0.15, 0.2) is 22.7 Å². The number of carbonyl (C=O) groups excluding carboxylic acids is 2. The van der Waals surface area contributed by atoms with Gasteiger partial charge in [-0.3, -0.25) is 9.59 Å². The van der Waals surface area contributed by atoms with E-state index in [2.05, 4.69) is 20.7 Å². The minimum atomic E-state index is -0.449. The van der Waals surface area contributed by atoms with Crippen molar-refractivity contribution in [1.82, 2.24) is 4.90 Å². The van der Waals surface area contributed by atoms with Crippen molar-refractivity contribution in [2.24, 2.45) is 0 Å². The van der Waals surface area contributed by atoms with Crippen LogP contribution < -0.4 is 0 Å². The Morgan fingerprint density at radius 1 is 1.42 bits per heavy atom. The Morgan fingerprint density at radius 3 is 2.53 bits per heavy atom. The molecule has 0 spiro atoms. The zero-order valence-electron chi connectivity index (χ0n) is 10.9. The summed E-state index contributed by atoms with van der Waals surface area (Å²) in [5.41, 5.74) is 0.467. The number of hydrogen-bond donors (Lipinski definition) is 0. The van der Waals surface area contributed by atoms with Gasteiger partial charge in [-0.15, -0.1) is 0 Å². The van der Waals surface area contributed by atoms with Crippen LogP contribution in [0.2, 0.25) is 5.02 Å². The lowest BCUT2D eigenvalue weighted by atomic mass is 10.1. The van der Waals surface area contributed by atoms with E-state index in [9.17, 15) is 9.59 Å². The van der Waals surface area contributed by atoms with Gasteiger partial charge in [0.1, 0.15) is 6.54 Å². The van der Waals surface area contributed by atoms with Crippen LogP contribution in [0.3, 0.4) is 0 Å². The van der Waals surface area contributed by atoms with Crippen molar-refractivity contribution in [3.8, 4) is 0 Å². The predicted octanol–water partition coefficient (Wildman–Crippen LogP) is 3.13. The molecule has 6 heteroatoms. The van der Waals surface area contributed by atoms with E-state index in [1.165, 1.54) is 12.0 Å². The largest absolute Gasteiger partial charge is 0.468 e. The molecule has 0 N–H and O–H groups in total. The maximum atomic E-state index is 12.4. The summed E-state index contributed by atoms with van der Waals surface area (Å²) in [7, 11) is 1.30. The third kappa shape index (κ3) is 4.21. The quantitative estimate of drug-likeness (QED) is 0.785. The summed E-state index contributed by atoms with van der Waals surface area (Å²) in [5, 5.41) is 0.528. The molecule has 4 nitrogen and oxygen atoms in total. The molecule has 0 radical (unpaired) electrons. The van der Waals surface area contributed by atoms with E-state index in [1.54, 1.807) is 18.2 Å². The van der Waals surface area contributed by atoms with Crippen LogP contribution in [0.1, 0.15) is 24.2 Å². The second kappa shape index (κ2) is 6.91. The number of carbonyl (C=O) groups is 2. The Balaban J connectivity index is 2.99. The summed E-state index contributed by atoms with van der Waals surface area (Å²) in [5.74, 6) is -0.687. The number of esters is 1. The van der Waals surface area contributed by atoms with Crippen LogP contribution >= 0.6 is 27.5 Å². The van der Waals surface area contributed by atoms with E-state index in [-0.39, 0.29) is 18.5 Å². The van der Waals surface area contributed by atoms with Crippen molar-refractivity contribution < 1.29 is 14.3 Å². The number of benzene rings is 1. The van der Waals surface area contributed by atoms with Crippen molar-refractivity contribution in [1.29, 1.82) is 0 Å². The van der Waals surface area contributed by atoms with Crippen LogP contribution in [0.5, 0.6) is 0 Å². The van der Waals surface area contributed by atoms with Gasteiger partial charge in [-0.1, -0.05) is 11.6 Å². The third-order valence-corrected chi connectivity index (χ3v) is 3.79. The van der Waals surface area contributed by atoms with Gasteiger partial charge in [-0.25, -0.2) is 0 Å². The average Bonchev–Trinajstić information content (AvgIpc) is 2.37. The highest BCUT2D eigenvalue weighted by atomic mass is 79.9. The van der Waals surface area contributed by atoms with E-state index in [0.717, 1.165) is 0 Å². The molecule has 0 unspecified atom stereocenters. The van der Waals surface area contributed by atoms with Gasteiger partial charge in [0.15, 0.2) is 0 Å². The summed E-state index contributed by atoms with van der Waals surface area (Å²) in [6.07, 6.45) is 0. The van der Waals surface area contributed by atoms with Crippen molar-refractivity contribution >= 4 is 39.4 Å². The van der Waals surface area contributed by atoms with E-state index < -0.39 is 5.97 Å². The first kappa shape index (κ1) is 16.0. The van der Waals surface area contributed by atoms with Gasteiger partial charge in [-0.2, -0.15) is 0 Å². The number of amides is 1. The number of hydrogen-bond acceptors (Lipinski definition) is 3. The molecule has 0 atom stereocenters. The van der Waals surface area contributed by atoms with Crippen molar-refractivity contribution in [3.05, 3.63) is 33.3 Å². The SMILES string of the molecule is COC(=O)CN(C(=O)c1ccc(Cl)c(Br)c1)C(C)C. The highest BCUT2D eigenvalue weighted by Gasteiger charge is 2.22. The molecule has 104 valence electrons.